The zero-order valence-corrected chi connectivity index (χ0v) is 14.8. The summed E-state index contributed by atoms with van der Waals surface area (Å²) in [6, 6.07) is 10.1. The van der Waals surface area contributed by atoms with Crippen LogP contribution in [0.15, 0.2) is 47.4 Å². The summed E-state index contributed by atoms with van der Waals surface area (Å²) in [5, 5.41) is 12.9. The summed E-state index contributed by atoms with van der Waals surface area (Å²) in [4.78, 5) is 12.0. The van der Waals surface area contributed by atoms with Crippen molar-refractivity contribution in [2.45, 2.75) is 24.2 Å². The van der Waals surface area contributed by atoms with Crippen LogP contribution >= 0.6 is 11.6 Å². The molecule has 1 aliphatic rings. The van der Waals surface area contributed by atoms with E-state index in [-0.39, 0.29) is 28.2 Å². The van der Waals surface area contributed by atoms with Crippen LogP contribution in [-0.4, -0.2) is 19.4 Å². The molecule has 3 N–H and O–H groups in total. The van der Waals surface area contributed by atoms with Gasteiger partial charge in [0.15, 0.2) is 0 Å². The highest BCUT2D eigenvalue weighted by Crippen LogP contribution is 2.31. The minimum atomic E-state index is -3.89. The lowest BCUT2D eigenvalue weighted by Gasteiger charge is -2.24. The van der Waals surface area contributed by atoms with E-state index in [9.17, 15) is 18.3 Å². The molecule has 3 rings (SSSR count). The zero-order valence-electron chi connectivity index (χ0n) is 13.2. The van der Waals surface area contributed by atoms with Gasteiger partial charge < -0.3 is 10.4 Å². The SMILES string of the molecule is O=C(Nc1cc(S(=O)(=O)Nc2cccc(Cl)c2)ccc1O)C1CCC1. The number of benzene rings is 2. The van der Waals surface area contributed by atoms with Crippen LogP contribution in [0.3, 0.4) is 0 Å². The van der Waals surface area contributed by atoms with Crippen molar-refractivity contribution < 1.29 is 18.3 Å². The molecule has 1 amide bonds. The minimum Gasteiger partial charge on any atom is -0.506 e. The molecule has 132 valence electrons. The van der Waals surface area contributed by atoms with E-state index in [4.69, 9.17) is 11.6 Å². The van der Waals surface area contributed by atoms with E-state index in [1.54, 1.807) is 18.2 Å². The number of carbonyl (C=O) groups is 1. The number of sulfonamides is 1. The highest BCUT2D eigenvalue weighted by molar-refractivity contribution is 7.92. The molecule has 8 heteroatoms. The summed E-state index contributed by atoms with van der Waals surface area (Å²) < 4.78 is 27.4. The molecule has 0 atom stereocenters. The Bertz CT molecular complexity index is 911. The lowest BCUT2D eigenvalue weighted by molar-refractivity contribution is -0.122. The Morgan fingerprint density at radius 3 is 2.56 bits per heavy atom. The van der Waals surface area contributed by atoms with E-state index in [0.717, 1.165) is 19.3 Å². The first-order chi connectivity index (χ1) is 11.8. The molecule has 0 spiro atoms. The maximum absolute atomic E-state index is 12.5. The van der Waals surface area contributed by atoms with Gasteiger partial charge in [0.1, 0.15) is 5.75 Å². The van der Waals surface area contributed by atoms with E-state index >= 15 is 0 Å². The lowest BCUT2D eigenvalue weighted by atomic mass is 9.85. The normalized spacial score (nSPS) is 14.6. The quantitative estimate of drug-likeness (QED) is 0.691. The van der Waals surface area contributed by atoms with Gasteiger partial charge in [-0.05, 0) is 49.2 Å². The summed E-state index contributed by atoms with van der Waals surface area (Å²) in [6.07, 6.45) is 2.61. The predicted molar refractivity (Wildman–Crippen MR) is 96.3 cm³/mol. The van der Waals surface area contributed by atoms with Crippen LogP contribution < -0.4 is 10.0 Å². The molecule has 0 radical (unpaired) electrons. The molecule has 1 saturated carbocycles. The van der Waals surface area contributed by atoms with E-state index in [2.05, 4.69) is 10.0 Å². The molecule has 1 fully saturated rings. The van der Waals surface area contributed by atoms with Crippen LogP contribution in [0, 0.1) is 5.92 Å². The zero-order chi connectivity index (χ0) is 18.0. The number of phenols is 1. The number of carbonyl (C=O) groups excluding carboxylic acids is 1. The third-order valence-corrected chi connectivity index (χ3v) is 5.70. The maximum Gasteiger partial charge on any atom is 0.261 e. The molecule has 0 aliphatic heterocycles. The van der Waals surface area contributed by atoms with Crippen LogP contribution in [0.2, 0.25) is 5.02 Å². The van der Waals surface area contributed by atoms with Crippen LogP contribution in [0.5, 0.6) is 5.75 Å². The molecule has 0 saturated heterocycles. The van der Waals surface area contributed by atoms with Crippen molar-refractivity contribution in [3.05, 3.63) is 47.5 Å². The van der Waals surface area contributed by atoms with Crippen LogP contribution in [0.4, 0.5) is 11.4 Å². The predicted octanol–water partition coefficient (Wildman–Crippen LogP) is 3.59. The van der Waals surface area contributed by atoms with Crippen molar-refractivity contribution in [3.8, 4) is 5.75 Å². The van der Waals surface area contributed by atoms with Crippen LogP contribution in [0.25, 0.3) is 0 Å². The van der Waals surface area contributed by atoms with Gasteiger partial charge in [-0.25, -0.2) is 8.42 Å². The second-order valence-corrected chi connectivity index (χ2v) is 8.03. The fourth-order valence-corrected chi connectivity index (χ4v) is 3.72. The number of halogens is 1. The Labute approximate surface area is 150 Å². The molecule has 6 nitrogen and oxygen atoms in total. The van der Waals surface area contributed by atoms with Crippen molar-refractivity contribution in [1.82, 2.24) is 0 Å². The van der Waals surface area contributed by atoms with E-state index in [1.165, 1.54) is 24.3 Å². The van der Waals surface area contributed by atoms with Crippen LogP contribution in [-0.2, 0) is 14.8 Å². The molecule has 0 bridgehead atoms. The number of anilines is 2. The van der Waals surface area contributed by atoms with Crippen LogP contribution in [0.1, 0.15) is 19.3 Å². The first-order valence-corrected chi connectivity index (χ1v) is 9.63. The first kappa shape index (κ1) is 17.6. The highest BCUT2D eigenvalue weighted by atomic mass is 35.5. The van der Waals surface area contributed by atoms with Gasteiger partial charge in [0, 0.05) is 10.9 Å². The Morgan fingerprint density at radius 1 is 1.16 bits per heavy atom. The van der Waals surface area contributed by atoms with Gasteiger partial charge >= 0.3 is 0 Å². The average molecular weight is 381 g/mol. The maximum atomic E-state index is 12.5. The lowest BCUT2D eigenvalue weighted by Crippen LogP contribution is -2.28. The standard InChI is InChI=1S/C17H17ClN2O4S/c18-12-5-2-6-13(9-12)20-25(23,24)14-7-8-16(21)15(10-14)19-17(22)11-3-1-4-11/h2,5-11,20-21H,1,3-4H2,(H,19,22). The Morgan fingerprint density at radius 2 is 1.92 bits per heavy atom. The molecule has 1 aliphatic carbocycles. The third kappa shape index (κ3) is 4.05. The summed E-state index contributed by atoms with van der Waals surface area (Å²) in [7, 11) is -3.89. The van der Waals surface area contributed by atoms with E-state index in [1.807, 2.05) is 0 Å². The van der Waals surface area contributed by atoms with Gasteiger partial charge in [0.05, 0.1) is 16.3 Å². The Hall–Kier alpha value is -2.25. The number of rotatable bonds is 5. The molecule has 2 aromatic rings. The van der Waals surface area contributed by atoms with Crippen molar-refractivity contribution in [2.24, 2.45) is 5.92 Å². The monoisotopic (exact) mass is 380 g/mol. The van der Waals surface area contributed by atoms with Gasteiger partial charge in [-0.2, -0.15) is 0 Å². The second kappa shape index (κ2) is 6.93. The van der Waals surface area contributed by atoms with Crippen molar-refractivity contribution in [1.29, 1.82) is 0 Å². The number of phenolic OH excluding ortho intramolecular Hbond substituents is 1. The molecule has 0 heterocycles. The number of hydrogen-bond donors (Lipinski definition) is 3. The summed E-state index contributed by atoms with van der Waals surface area (Å²) >= 11 is 5.86. The molecular weight excluding hydrogens is 364 g/mol. The first-order valence-electron chi connectivity index (χ1n) is 7.77. The summed E-state index contributed by atoms with van der Waals surface area (Å²) in [5.41, 5.74) is 0.395. The number of hydrogen-bond acceptors (Lipinski definition) is 4. The van der Waals surface area contributed by atoms with E-state index < -0.39 is 10.0 Å². The fourth-order valence-electron chi connectivity index (χ4n) is 2.45. The minimum absolute atomic E-state index is 0.0748. The molecule has 2 aromatic carbocycles. The fraction of sp³-hybridized carbons (Fsp3) is 0.235. The van der Waals surface area contributed by atoms with Gasteiger partial charge in [-0.3, -0.25) is 9.52 Å². The van der Waals surface area contributed by atoms with Crippen molar-refractivity contribution in [2.75, 3.05) is 10.0 Å². The molecule has 0 unspecified atom stereocenters. The Balaban J connectivity index is 1.83. The van der Waals surface area contributed by atoms with Gasteiger partial charge in [0.2, 0.25) is 5.91 Å². The topological polar surface area (TPSA) is 95.5 Å². The average Bonchev–Trinajstić information content (AvgIpc) is 2.47. The molecule has 0 aromatic heterocycles. The number of amides is 1. The van der Waals surface area contributed by atoms with Crippen molar-refractivity contribution in [3.63, 3.8) is 0 Å². The number of nitrogens with one attached hydrogen (secondary N) is 2. The summed E-state index contributed by atoms with van der Waals surface area (Å²) in [5.74, 6) is -0.475. The molecule has 25 heavy (non-hydrogen) atoms. The second-order valence-electron chi connectivity index (χ2n) is 5.91. The van der Waals surface area contributed by atoms with Gasteiger partial charge in [-0.1, -0.05) is 24.1 Å². The van der Waals surface area contributed by atoms with Gasteiger partial charge in [-0.15, -0.1) is 0 Å². The highest BCUT2D eigenvalue weighted by Gasteiger charge is 2.26. The van der Waals surface area contributed by atoms with Gasteiger partial charge in [0.25, 0.3) is 10.0 Å². The Kier molecular flexibility index (Phi) is 4.87. The van der Waals surface area contributed by atoms with E-state index in [0.29, 0.717) is 10.7 Å². The van der Waals surface area contributed by atoms with Crippen molar-refractivity contribution >= 4 is 38.9 Å². The third-order valence-electron chi connectivity index (χ3n) is 4.09. The molecular formula is C17H17ClN2O4S. The largest absolute Gasteiger partial charge is 0.506 e. The summed E-state index contributed by atoms with van der Waals surface area (Å²) in [6.45, 7) is 0. The number of aromatic hydroxyl groups is 1. The smallest absolute Gasteiger partial charge is 0.261 e.